The highest BCUT2D eigenvalue weighted by Gasteiger charge is 2.08. The molecular weight excluding hydrogens is 212 g/mol. The molecule has 1 aromatic carbocycles. The molecule has 0 N–H and O–H groups in total. The number of thioether (sulfide) groups is 2. The van der Waals surface area contributed by atoms with Crippen molar-refractivity contribution >= 4 is 29.3 Å². The highest BCUT2D eigenvalue weighted by Crippen LogP contribution is 2.21. The van der Waals surface area contributed by atoms with Crippen molar-refractivity contribution in [3.05, 3.63) is 29.8 Å². The summed E-state index contributed by atoms with van der Waals surface area (Å²) in [5.41, 5.74) is 0.869. The number of benzene rings is 1. The lowest BCUT2D eigenvalue weighted by Crippen LogP contribution is -2.01. The summed E-state index contributed by atoms with van der Waals surface area (Å²) in [6.45, 7) is 0. The third-order valence-electron chi connectivity index (χ3n) is 1.94. The van der Waals surface area contributed by atoms with Gasteiger partial charge in [-0.2, -0.15) is 11.8 Å². The average Bonchev–Trinajstić information content (AvgIpc) is 2.25. The molecule has 0 saturated carbocycles. The molecule has 0 spiro atoms. The summed E-state index contributed by atoms with van der Waals surface area (Å²) in [6, 6.07) is 7.80. The maximum absolute atomic E-state index is 11.8. The first-order valence-corrected chi connectivity index (χ1v) is 7.06. The van der Waals surface area contributed by atoms with Gasteiger partial charge >= 0.3 is 0 Å². The fourth-order valence-corrected chi connectivity index (χ4v) is 2.21. The van der Waals surface area contributed by atoms with E-state index in [-0.39, 0.29) is 5.78 Å². The standard InChI is InChI=1S/C11H14OS2/c1-13-8-7-10(12)9-5-3-4-6-11(9)14-2/h3-6H,7-8H2,1-2H3. The van der Waals surface area contributed by atoms with Gasteiger partial charge in [0.1, 0.15) is 0 Å². The number of ketones is 1. The SMILES string of the molecule is CSCCC(=O)c1ccccc1SC. The zero-order valence-electron chi connectivity index (χ0n) is 8.45. The van der Waals surface area contributed by atoms with Gasteiger partial charge < -0.3 is 0 Å². The molecule has 0 heterocycles. The summed E-state index contributed by atoms with van der Waals surface area (Å²) in [6.07, 6.45) is 4.66. The van der Waals surface area contributed by atoms with Crippen molar-refractivity contribution in [3.8, 4) is 0 Å². The van der Waals surface area contributed by atoms with Crippen molar-refractivity contribution < 1.29 is 4.79 Å². The van der Waals surface area contributed by atoms with Gasteiger partial charge in [0.05, 0.1) is 0 Å². The molecule has 0 radical (unpaired) electrons. The Morgan fingerprint density at radius 1 is 1.29 bits per heavy atom. The summed E-state index contributed by atoms with van der Waals surface area (Å²) < 4.78 is 0. The van der Waals surface area contributed by atoms with Gasteiger partial charge in [-0.25, -0.2) is 0 Å². The molecule has 0 fully saturated rings. The predicted molar refractivity (Wildman–Crippen MR) is 65.6 cm³/mol. The molecule has 14 heavy (non-hydrogen) atoms. The van der Waals surface area contributed by atoms with Crippen molar-refractivity contribution in [1.29, 1.82) is 0 Å². The van der Waals surface area contributed by atoms with E-state index in [9.17, 15) is 4.79 Å². The first-order chi connectivity index (χ1) is 6.79. The van der Waals surface area contributed by atoms with Gasteiger partial charge in [-0.3, -0.25) is 4.79 Å². The Morgan fingerprint density at radius 2 is 2.00 bits per heavy atom. The number of carbonyl (C=O) groups is 1. The lowest BCUT2D eigenvalue weighted by Gasteiger charge is -2.04. The summed E-state index contributed by atoms with van der Waals surface area (Å²) in [4.78, 5) is 12.8. The van der Waals surface area contributed by atoms with Crippen LogP contribution in [0.4, 0.5) is 0 Å². The Balaban J connectivity index is 2.78. The van der Waals surface area contributed by atoms with Gasteiger partial charge in [0.2, 0.25) is 0 Å². The zero-order valence-corrected chi connectivity index (χ0v) is 10.1. The van der Waals surface area contributed by atoms with Gasteiger partial charge in [-0.05, 0) is 18.6 Å². The second kappa shape index (κ2) is 6.14. The Labute approximate surface area is 93.7 Å². The molecule has 1 aromatic rings. The molecule has 0 aliphatic rings. The molecule has 0 aromatic heterocycles. The lowest BCUT2D eigenvalue weighted by molar-refractivity contribution is 0.0987. The topological polar surface area (TPSA) is 17.1 Å². The fourth-order valence-electron chi connectivity index (χ4n) is 1.20. The molecule has 0 saturated heterocycles. The van der Waals surface area contributed by atoms with Crippen LogP contribution in [0.1, 0.15) is 16.8 Å². The van der Waals surface area contributed by atoms with Crippen LogP contribution in [-0.4, -0.2) is 24.0 Å². The Bertz CT molecular complexity index is 310. The van der Waals surface area contributed by atoms with E-state index in [2.05, 4.69) is 0 Å². The minimum atomic E-state index is 0.254. The summed E-state index contributed by atoms with van der Waals surface area (Å²) in [7, 11) is 0. The minimum Gasteiger partial charge on any atom is -0.294 e. The predicted octanol–water partition coefficient (Wildman–Crippen LogP) is 3.34. The van der Waals surface area contributed by atoms with Crippen LogP contribution in [0.3, 0.4) is 0 Å². The van der Waals surface area contributed by atoms with Crippen molar-refractivity contribution in [2.75, 3.05) is 18.3 Å². The molecular formula is C11H14OS2. The molecule has 1 nitrogen and oxygen atoms in total. The van der Waals surface area contributed by atoms with E-state index in [1.54, 1.807) is 23.5 Å². The molecule has 0 aliphatic carbocycles. The molecule has 0 atom stereocenters. The minimum absolute atomic E-state index is 0.254. The monoisotopic (exact) mass is 226 g/mol. The Hall–Kier alpha value is -0.410. The van der Waals surface area contributed by atoms with E-state index in [0.717, 1.165) is 16.2 Å². The number of rotatable bonds is 5. The average molecular weight is 226 g/mol. The van der Waals surface area contributed by atoms with Crippen LogP contribution in [0.2, 0.25) is 0 Å². The largest absolute Gasteiger partial charge is 0.294 e. The Morgan fingerprint density at radius 3 is 2.64 bits per heavy atom. The van der Waals surface area contributed by atoms with E-state index < -0.39 is 0 Å². The third kappa shape index (κ3) is 3.07. The molecule has 0 bridgehead atoms. The first-order valence-electron chi connectivity index (χ1n) is 4.44. The van der Waals surface area contributed by atoms with Crippen LogP contribution in [-0.2, 0) is 0 Å². The van der Waals surface area contributed by atoms with Crippen LogP contribution in [0.15, 0.2) is 29.2 Å². The van der Waals surface area contributed by atoms with Crippen molar-refractivity contribution in [1.82, 2.24) is 0 Å². The van der Waals surface area contributed by atoms with Crippen LogP contribution >= 0.6 is 23.5 Å². The second-order valence-corrected chi connectivity index (χ2v) is 4.70. The van der Waals surface area contributed by atoms with E-state index in [1.807, 2.05) is 36.8 Å². The van der Waals surface area contributed by atoms with Gasteiger partial charge in [0, 0.05) is 22.6 Å². The van der Waals surface area contributed by atoms with Crippen molar-refractivity contribution in [3.63, 3.8) is 0 Å². The molecule has 0 unspecified atom stereocenters. The molecule has 0 aliphatic heterocycles. The van der Waals surface area contributed by atoms with E-state index in [1.165, 1.54) is 0 Å². The molecule has 76 valence electrons. The normalized spacial score (nSPS) is 10.1. The zero-order chi connectivity index (χ0) is 10.4. The maximum Gasteiger partial charge on any atom is 0.164 e. The quantitative estimate of drug-likeness (QED) is 0.566. The number of carbonyl (C=O) groups excluding carboxylic acids is 1. The van der Waals surface area contributed by atoms with Crippen LogP contribution in [0.5, 0.6) is 0 Å². The maximum atomic E-state index is 11.8. The Kier molecular flexibility index (Phi) is 5.12. The van der Waals surface area contributed by atoms with Gasteiger partial charge in [0.15, 0.2) is 5.78 Å². The number of Topliss-reactive ketones (excluding diaryl/α,β-unsaturated/α-hetero) is 1. The highest BCUT2D eigenvalue weighted by molar-refractivity contribution is 7.98. The van der Waals surface area contributed by atoms with E-state index in [4.69, 9.17) is 0 Å². The summed E-state index contributed by atoms with van der Waals surface area (Å²) >= 11 is 3.34. The number of hydrogen-bond donors (Lipinski definition) is 0. The van der Waals surface area contributed by atoms with Gasteiger partial charge in [-0.15, -0.1) is 11.8 Å². The lowest BCUT2D eigenvalue weighted by atomic mass is 10.1. The van der Waals surface area contributed by atoms with E-state index >= 15 is 0 Å². The number of hydrogen-bond acceptors (Lipinski definition) is 3. The summed E-state index contributed by atoms with van der Waals surface area (Å²) in [5.74, 6) is 1.16. The highest BCUT2D eigenvalue weighted by atomic mass is 32.2. The third-order valence-corrected chi connectivity index (χ3v) is 3.35. The molecule has 1 rings (SSSR count). The summed E-state index contributed by atoms with van der Waals surface area (Å²) in [5, 5.41) is 0. The van der Waals surface area contributed by atoms with E-state index in [0.29, 0.717) is 6.42 Å². The van der Waals surface area contributed by atoms with Crippen LogP contribution in [0.25, 0.3) is 0 Å². The fraction of sp³-hybridized carbons (Fsp3) is 0.364. The van der Waals surface area contributed by atoms with Crippen molar-refractivity contribution in [2.24, 2.45) is 0 Å². The molecule has 0 amide bonds. The molecule has 3 heteroatoms. The first kappa shape index (κ1) is 11.7. The van der Waals surface area contributed by atoms with Gasteiger partial charge in [-0.1, -0.05) is 18.2 Å². The van der Waals surface area contributed by atoms with Crippen LogP contribution in [0, 0.1) is 0 Å². The smallest absolute Gasteiger partial charge is 0.164 e. The second-order valence-electron chi connectivity index (χ2n) is 2.87. The van der Waals surface area contributed by atoms with Crippen LogP contribution < -0.4 is 0 Å². The van der Waals surface area contributed by atoms with Gasteiger partial charge in [0.25, 0.3) is 0 Å². The van der Waals surface area contributed by atoms with Crippen molar-refractivity contribution in [2.45, 2.75) is 11.3 Å².